The lowest BCUT2D eigenvalue weighted by molar-refractivity contribution is 0.0510. The van der Waals surface area contributed by atoms with Gasteiger partial charge in [-0.15, -0.1) is 0 Å². The topological polar surface area (TPSA) is 64.3 Å². The minimum absolute atomic E-state index is 0.0140. The summed E-state index contributed by atoms with van der Waals surface area (Å²) in [6.45, 7) is 3.53. The molecular weight excluding hydrogens is 263 g/mol. The van der Waals surface area contributed by atoms with Crippen molar-refractivity contribution in [3.05, 3.63) is 47.8 Å². The number of carbonyl (C=O) groups is 1. The number of ether oxygens (including phenoxy) is 1. The smallest absolute Gasteiger partial charge is 0.356 e. The van der Waals surface area contributed by atoms with Gasteiger partial charge < -0.3 is 9.84 Å². The van der Waals surface area contributed by atoms with Crippen molar-refractivity contribution in [2.75, 3.05) is 6.61 Å². The highest BCUT2D eigenvalue weighted by Crippen LogP contribution is 2.28. The third-order valence-corrected chi connectivity index (χ3v) is 3.01. The van der Waals surface area contributed by atoms with Crippen LogP contribution < -0.4 is 0 Å². The quantitative estimate of drug-likeness (QED) is 0.873. The van der Waals surface area contributed by atoms with E-state index in [2.05, 4.69) is 4.98 Å². The number of phenolic OH excluding ortho intramolecular Hbond substituents is 1. The van der Waals surface area contributed by atoms with Crippen LogP contribution in [-0.2, 0) is 4.74 Å². The molecule has 1 atom stereocenters. The number of hydrogen-bond donors (Lipinski definition) is 1. The van der Waals surface area contributed by atoms with Crippen molar-refractivity contribution in [1.29, 1.82) is 0 Å². The zero-order chi connectivity index (χ0) is 14.7. The first-order chi connectivity index (χ1) is 9.56. The molecule has 0 saturated heterocycles. The summed E-state index contributed by atoms with van der Waals surface area (Å²) in [5, 5.41) is 9.83. The third kappa shape index (κ3) is 2.49. The molecule has 20 heavy (non-hydrogen) atoms. The van der Waals surface area contributed by atoms with Crippen molar-refractivity contribution >= 4 is 5.97 Å². The zero-order valence-corrected chi connectivity index (χ0v) is 11.2. The highest BCUT2D eigenvalue weighted by atomic mass is 19.1. The van der Waals surface area contributed by atoms with Gasteiger partial charge in [-0.2, -0.15) is 4.39 Å². The number of para-hydroxylation sites is 1. The molecule has 6 heteroatoms. The van der Waals surface area contributed by atoms with E-state index in [1.54, 1.807) is 32.0 Å². The number of aromatic nitrogens is 2. The largest absolute Gasteiger partial charge is 0.508 e. The molecular formula is C14H15FN2O3. The molecule has 0 spiro atoms. The van der Waals surface area contributed by atoms with Crippen LogP contribution in [0, 0.1) is 6.08 Å². The predicted octanol–water partition coefficient (Wildman–Crippen LogP) is 2.51. The van der Waals surface area contributed by atoms with Crippen molar-refractivity contribution in [1.82, 2.24) is 9.55 Å². The summed E-state index contributed by atoms with van der Waals surface area (Å²) in [4.78, 5) is 15.3. The third-order valence-electron chi connectivity index (χ3n) is 3.01. The van der Waals surface area contributed by atoms with Gasteiger partial charge in [0.05, 0.1) is 18.8 Å². The maximum Gasteiger partial charge on any atom is 0.356 e. The number of aromatic hydroxyl groups is 1. The monoisotopic (exact) mass is 278 g/mol. The van der Waals surface area contributed by atoms with Crippen LogP contribution in [0.2, 0.25) is 0 Å². The van der Waals surface area contributed by atoms with E-state index in [4.69, 9.17) is 4.74 Å². The van der Waals surface area contributed by atoms with Gasteiger partial charge in [0.2, 0.25) is 0 Å². The Morgan fingerprint density at radius 2 is 2.20 bits per heavy atom. The van der Waals surface area contributed by atoms with Crippen LogP contribution in [0.15, 0.2) is 30.5 Å². The highest BCUT2D eigenvalue weighted by molar-refractivity contribution is 5.87. The first-order valence-electron chi connectivity index (χ1n) is 6.24. The van der Waals surface area contributed by atoms with E-state index in [0.29, 0.717) is 5.56 Å². The number of nitrogens with zero attached hydrogens (tertiary/aromatic N) is 2. The molecule has 1 aromatic carbocycles. The molecule has 0 bridgehead atoms. The molecule has 2 aromatic rings. The fourth-order valence-electron chi connectivity index (χ4n) is 2.04. The number of carbonyl (C=O) groups excluding carboxylic acids is 1. The number of esters is 1. The Balaban J connectivity index is 2.45. The maximum absolute atomic E-state index is 13.8. The van der Waals surface area contributed by atoms with Gasteiger partial charge in [0.15, 0.2) is 0 Å². The lowest BCUT2D eigenvalue weighted by atomic mass is 10.1. The second kappa shape index (κ2) is 5.73. The minimum atomic E-state index is -0.802. The first kappa shape index (κ1) is 14.0. The molecule has 5 nitrogen and oxygen atoms in total. The standard InChI is InChI=1S/C14H15FN2O3/c1-3-20-13(19)11-8-16-14(15)17(11)9(2)10-6-4-5-7-12(10)18/h4-9,18H,3H2,1-2H3. The zero-order valence-electron chi connectivity index (χ0n) is 11.2. The molecule has 1 heterocycles. The van der Waals surface area contributed by atoms with Crippen molar-refractivity contribution in [2.24, 2.45) is 0 Å². The van der Waals surface area contributed by atoms with Crippen molar-refractivity contribution in [3.8, 4) is 5.75 Å². The van der Waals surface area contributed by atoms with E-state index in [1.807, 2.05) is 0 Å². The molecule has 2 rings (SSSR count). The Morgan fingerprint density at radius 3 is 2.85 bits per heavy atom. The van der Waals surface area contributed by atoms with E-state index in [-0.39, 0.29) is 18.1 Å². The van der Waals surface area contributed by atoms with Crippen LogP contribution in [0.3, 0.4) is 0 Å². The lowest BCUT2D eigenvalue weighted by Gasteiger charge is -2.17. The van der Waals surface area contributed by atoms with E-state index in [9.17, 15) is 14.3 Å². The van der Waals surface area contributed by atoms with Crippen LogP contribution in [0.25, 0.3) is 0 Å². The van der Waals surface area contributed by atoms with Gasteiger partial charge in [0, 0.05) is 5.56 Å². The van der Waals surface area contributed by atoms with Gasteiger partial charge in [-0.3, -0.25) is 4.57 Å². The summed E-state index contributed by atoms with van der Waals surface area (Å²) in [6.07, 6.45) is 0.327. The van der Waals surface area contributed by atoms with Crippen LogP contribution >= 0.6 is 0 Å². The fraction of sp³-hybridized carbons (Fsp3) is 0.286. The summed E-state index contributed by atoms with van der Waals surface area (Å²) in [6, 6.07) is 5.98. The lowest BCUT2D eigenvalue weighted by Crippen LogP contribution is -2.17. The maximum atomic E-state index is 13.8. The second-order valence-electron chi connectivity index (χ2n) is 4.24. The Morgan fingerprint density at radius 1 is 1.50 bits per heavy atom. The molecule has 0 amide bonds. The Hall–Kier alpha value is -2.37. The fourth-order valence-corrected chi connectivity index (χ4v) is 2.04. The first-order valence-corrected chi connectivity index (χ1v) is 6.24. The van der Waals surface area contributed by atoms with Gasteiger partial charge >= 0.3 is 5.97 Å². The molecule has 106 valence electrons. The average molecular weight is 278 g/mol. The summed E-state index contributed by atoms with van der Waals surface area (Å²) in [5.74, 6) is -0.617. The number of imidazole rings is 1. The molecule has 1 aromatic heterocycles. The Kier molecular flexibility index (Phi) is 4.02. The normalized spacial score (nSPS) is 12.2. The van der Waals surface area contributed by atoms with E-state index < -0.39 is 18.1 Å². The summed E-state index contributed by atoms with van der Waals surface area (Å²) in [7, 11) is 0. The Bertz CT molecular complexity index is 625. The average Bonchev–Trinajstić information content (AvgIpc) is 2.81. The van der Waals surface area contributed by atoms with Gasteiger partial charge in [-0.1, -0.05) is 18.2 Å². The molecule has 0 radical (unpaired) electrons. The van der Waals surface area contributed by atoms with Crippen molar-refractivity contribution in [3.63, 3.8) is 0 Å². The van der Waals surface area contributed by atoms with Crippen LogP contribution in [0.5, 0.6) is 5.75 Å². The number of phenols is 1. The van der Waals surface area contributed by atoms with Gasteiger partial charge in [0.25, 0.3) is 6.08 Å². The molecule has 0 saturated carbocycles. The number of rotatable bonds is 4. The summed E-state index contributed by atoms with van der Waals surface area (Å²) >= 11 is 0. The van der Waals surface area contributed by atoms with Crippen LogP contribution in [-0.4, -0.2) is 27.2 Å². The molecule has 0 aliphatic heterocycles. The molecule has 0 aliphatic rings. The Labute approximate surface area is 115 Å². The molecule has 1 unspecified atom stereocenters. The SMILES string of the molecule is CCOC(=O)c1cnc(F)n1C(C)c1ccccc1O. The van der Waals surface area contributed by atoms with Crippen LogP contribution in [0.4, 0.5) is 4.39 Å². The summed E-state index contributed by atoms with van der Waals surface area (Å²) < 4.78 is 19.8. The highest BCUT2D eigenvalue weighted by Gasteiger charge is 2.23. The number of halogens is 1. The summed E-state index contributed by atoms with van der Waals surface area (Å²) in [5.41, 5.74) is 0.509. The molecule has 0 fully saturated rings. The molecule has 1 N–H and O–H groups in total. The number of hydrogen-bond acceptors (Lipinski definition) is 4. The van der Waals surface area contributed by atoms with E-state index in [1.165, 1.54) is 6.07 Å². The minimum Gasteiger partial charge on any atom is -0.508 e. The molecule has 0 aliphatic carbocycles. The van der Waals surface area contributed by atoms with Gasteiger partial charge in [-0.05, 0) is 19.9 Å². The van der Waals surface area contributed by atoms with Crippen molar-refractivity contribution in [2.45, 2.75) is 19.9 Å². The van der Waals surface area contributed by atoms with Crippen molar-refractivity contribution < 1.29 is 19.0 Å². The second-order valence-corrected chi connectivity index (χ2v) is 4.24. The van der Waals surface area contributed by atoms with Gasteiger partial charge in [-0.25, -0.2) is 9.78 Å². The van der Waals surface area contributed by atoms with E-state index in [0.717, 1.165) is 10.8 Å². The van der Waals surface area contributed by atoms with Crippen LogP contribution in [0.1, 0.15) is 35.9 Å². The van der Waals surface area contributed by atoms with E-state index >= 15 is 0 Å². The predicted molar refractivity (Wildman–Crippen MR) is 70.1 cm³/mol. The number of benzene rings is 1. The van der Waals surface area contributed by atoms with Gasteiger partial charge in [0.1, 0.15) is 11.4 Å².